The predicted octanol–water partition coefficient (Wildman–Crippen LogP) is 2.30. The van der Waals surface area contributed by atoms with Crippen molar-refractivity contribution >= 4 is 6.09 Å². The van der Waals surface area contributed by atoms with E-state index in [1.54, 1.807) is 9.96 Å². The lowest BCUT2D eigenvalue weighted by atomic mass is 10.1. The first-order valence-electron chi connectivity index (χ1n) is 8.02. The molecule has 6 nitrogen and oxygen atoms in total. The molecular formula is C17H26N2O4. The second kappa shape index (κ2) is 9.50. The third-order valence-corrected chi connectivity index (χ3v) is 3.69. The van der Waals surface area contributed by atoms with E-state index in [4.69, 9.17) is 14.3 Å². The minimum absolute atomic E-state index is 0.193. The van der Waals surface area contributed by atoms with Crippen molar-refractivity contribution < 1.29 is 19.1 Å². The van der Waals surface area contributed by atoms with Crippen molar-refractivity contribution in [2.75, 3.05) is 40.4 Å². The maximum Gasteiger partial charge on any atom is 0.410 e. The maximum absolute atomic E-state index is 12.1. The molecule has 6 heteroatoms. The van der Waals surface area contributed by atoms with E-state index >= 15 is 0 Å². The molecule has 0 radical (unpaired) electrons. The summed E-state index contributed by atoms with van der Waals surface area (Å²) in [5.74, 6) is 0. The van der Waals surface area contributed by atoms with Crippen molar-refractivity contribution in [2.45, 2.75) is 25.6 Å². The Kier molecular flexibility index (Phi) is 7.32. The lowest BCUT2D eigenvalue weighted by Crippen LogP contribution is -2.41. The monoisotopic (exact) mass is 322 g/mol. The molecule has 1 saturated heterocycles. The standard InChI is InChI=1S/C17H26N2O4/c1-18(2)23-13-12-21-16-8-10-19(11-9-16)17(20)22-14-15-6-4-3-5-7-15/h3-7,16H,8-14H2,1-2H3. The van der Waals surface area contributed by atoms with Gasteiger partial charge in [0.05, 0.1) is 19.3 Å². The Labute approximate surface area is 137 Å². The summed E-state index contributed by atoms with van der Waals surface area (Å²) in [7, 11) is 3.69. The Morgan fingerprint density at radius 1 is 1.17 bits per heavy atom. The van der Waals surface area contributed by atoms with Crippen LogP contribution < -0.4 is 0 Å². The molecule has 0 aromatic heterocycles. The van der Waals surface area contributed by atoms with E-state index in [1.165, 1.54) is 0 Å². The van der Waals surface area contributed by atoms with Crippen molar-refractivity contribution in [1.29, 1.82) is 0 Å². The molecule has 23 heavy (non-hydrogen) atoms. The highest BCUT2D eigenvalue weighted by atomic mass is 16.7. The van der Waals surface area contributed by atoms with Gasteiger partial charge in [0.2, 0.25) is 0 Å². The third-order valence-electron chi connectivity index (χ3n) is 3.69. The summed E-state index contributed by atoms with van der Waals surface area (Å²) in [6.45, 7) is 2.78. The van der Waals surface area contributed by atoms with Crippen molar-refractivity contribution in [3.8, 4) is 0 Å². The van der Waals surface area contributed by atoms with E-state index in [2.05, 4.69) is 0 Å². The smallest absolute Gasteiger partial charge is 0.410 e. The van der Waals surface area contributed by atoms with E-state index < -0.39 is 0 Å². The summed E-state index contributed by atoms with van der Waals surface area (Å²) in [6, 6.07) is 9.71. The molecule has 1 aromatic rings. The molecule has 1 aliphatic heterocycles. The molecule has 0 bridgehead atoms. The predicted molar refractivity (Wildman–Crippen MR) is 86.8 cm³/mol. The number of nitrogens with zero attached hydrogens (tertiary/aromatic N) is 2. The quantitative estimate of drug-likeness (QED) is 0.569. The van der Waals surface area contributed by atoms with E-state index in [9.17, 15) is 4.79 Å². The van der Waals surface area contributed by atoms with Crippen LogP contribution >= 0.6 is 0 Å². The summed E-state index contributed by atoms with van der Waals surface area (Å²) in [5.41, 5.74) is 1.000. The van der Waals surface area contributed by atoms with Crippen LogP contribution in [0, 0.1) is 0 Å². The zero-order valence-corrected chi connectivity index (χ0v) is 13.9. The van der Waals surface area contributed by atoms with Gasteiger partial charge in [0.15, 0.2) is 0 Å². The fraction of sp³-hybridized carbons (Fsp3) is 0.588. The lowest BCUT2D eigenvalue weighted by Gasteiger charge is -2.31. The highest BCUT2D eigenvalue weighted by molar-refractivity contribution is 5.67. The molecule has 1 aromatic carbocycles. The number of carbonyl (C=O) groups is 1. The zero-order valence-electron chi connectivity index (χ0n) is 13.9. The van der Waals surface area contributed by atoms with Crippen LogP contribution in [-0.4, -0.2) is 62.6 Å². The molecule has 1 aliphatic rings. The number of rotatable bonds is 7. The first-order valence-corrected chi connectivity index (χ1v) is 8.02. The summed E-state index contributed by atoms with van der Waals surface area (Å²) in [4.78, 5) is 19.1. The molecule has 2 rings (SSSR count). The second-order valence-electron chi connectivity index (χ2n) is 5.74. The molecule has 1 heterocycles. The van der Waals surface area contributed by atoms with Gasteiger partial charge >= 0.3 is 6.09 Å². The van der Waals surface area contributed by atoms with Crippen LogP contribution in [0.4, 0.5) is 4.79 Å². The van der Waals surface area contributed by atoms with Gasteiger partial charge in [-0.3, -0.25) is 4.84 Å². The molecule has 0 N–H and O–H groups in total. The van der Waals surface area contributed by atoms with Crippen LogP contribution in [0.25, 0.3) is 0 Å². The van der Waals surface area contributed by atoms with E-state index in [0.717, 1.165) is 18.4 Å². The average Bonchev–Trinajstić information content (AvgIpc) is 2.58. The summed E-state index contributed by atoms with van der Waals surface area (Å²) in [6.07, 6.45) is 1.62. The number of hydrogen-bond donors (Lipinski definition) is 0. The number of carbonyl (C=O) groups excluding carboxylic acids is 1. The van der Waals surface area contributed by atoms with Gasteiger partial charge in [-0.05, 0) is 18.4 Å². The molecule has 128 valence electrons. The van der Waals surface area contributed by atoms with Crippen LogP contribution in [0.15, 0.2) is 30.3 Å². The summed E-state index contributed by atoms with van der Waals surface area (Å²) < 4.78 is 11.1. The van der Waals surface area contributed by atoms with Gasteiger partial charge in [-0.1, -0.05) is 30.3 Å². The fourth-order valence-corrected chi connectivity index (χ4v) is 2.45. The van der Waals surface area contributed by atoms with Gasteiger partial charge in [0.25, 0.3) is 0 Å². The van der Waals surface area contributed by atoms with E-state index in [1.807, 2.05) is 44.4 Å². The van der Waals surface area contributed by atoms with Crippen molar-refractivity contribution in [1.82, 2.24) is 9.96 Å². The number of piperidine rings is 1. The molecular weight excluding hydrogens is 296 g/mol. The Bertz CT molecular complexity index is 459. The minimum Gasteiger partial charge on any atom is -0.445 e. The lowest BCUT2D eigenvalue weighted by molar-refractivity contribution is -0.141. The van der Waals surface area contributed by atoms with Crippen LogP contribution in [-0.2, 0) is 20.9 Å². The van der Waals surface area contributed by atoms with E-state index in [0.29, 0.717) is 32.9 Å². The topological polar surface area (TPSA) is 51.2 Å². The van der Waals surface area contributed by atoms with Gasteiger partial charge in [-0.2, -0.15) is 5.06 Å². The normalized spacial score (nSPS) is 15.9. The first kappa shape index (κ1) is 17.7. The van der Waals surface area contributed by atoms with Gasteiger partial charge in [-0.15, -0.1) is 0 Å². The van der Waals surface area contributed by atoms with Crippen molar-refractivity contribution in [3.05, 3.63) is 35.9 Å². The Morgan fingerprint density at radius 3 is 2.52 bits per heavy atom. The Morgan fingerprint density at radius 2 is 1.87 bits per heavy atom. The highest BCUT2D eigenvalue weighted by Crippen LogP contribution is 2.15. The molecule has 1 amide bonds. The number of hydroxylamine groups is 2. The molecule has 0 unspecified atom stereocenters. The van der Waals surface area contributed by atoms with Gasteiger partial charge in [-0.25, -0.2) is 4.79 Å². The summed E-state index contributed by atoms with van der Waals surface area (Å²) >= 11 is 0. The first-order chi connectivity index (χ1) is 11.1. The SMILES string of the molecule is CN(C)OCCOC1CCN(C(=O)OCc2ccccc2)CC1. The number of amides is 1. The molecule has 0 spiro atoms. The van der Waals surface area contributed by atoms with Gasteiger partial charge < -0.3 is 14.4 Å². The van der Waals surface area contributed by atoms with Gasteiger partial charge in [0.1, 0.15) is 6.61 Å². The van der Waals surface area contributed by atoms with E-state index in [-0.39, 0.29) is 12.2 Å². The molecule has 0 atom stereocenters. The number of ether oxygens (including phenoxy) is 2. The van der Waals surface area contributed by atoms with Crippen LogP contribution in [0.5, 0.6) is 0 Å². The zero-order chi connectivity index (χ0) is 16.5. The van der Waals surface area contributed by atoms with Gasteiger partial charge in [0, 0.05) is 27.2 Å². The molecule has 0 aliphatic carbocycles. The van der Waals surface area contributed by atoms with Crippen LogP contribution in [0.1, 0.15) is 18.4 Å². The van der Waals surface area contributed by atoms with Crippen molar-refractivity contribution in [2.24, 2.45) is 0 Å². The second-order valence-corrected chi connectivity index (χ2v) is 5.74. The largest absolute Gasteiger partial charge is 0.445 e. The number of hydrogen-bond acceptors (Lipinski definition) is 5. The van der Waals surface area contributed by atoms with Crippen LogP contribution in [0.2, 0.25) is 0 Å². The number of benzene rings is 1. The molecule has 0 saturated carbocycles. The average molecular weight is 322 g/mol. The minimum atomic E-state index is -0.247. The summed E-state index contributed by atoms with van der Waals surface area (Å²) in [5, 5.41) is 1.66. The fourth-order valence-electron chi connectivity index (χ4n) is 2.45. The Balaban J connectivity index is 1.61. The van der Waals surface area contributed by atoms with Crippen molar-refractivity contribution in [3.63, 3.8) is 0 Å². The molecule has 1 fully saturated rings. The van der Waals surface area contributed by atoms with Crippen LogP contribution in [0.3, 0.4) is 0 Å². The Hall–Kier alpha value is -1.63. The third kappa shape index (κ3) is 6.56. The number of likely N-dealkylation sites (tertiary alicyclic amines) is 1. The highest BCUT2D eigenvalue weighted by Gasteiger charge is 2.24. The maximum atomic E-state index is 12.1.